The number of anilines is 1. The Balaban J connectivity index is 1.42. The molecule has 178 valence electrons. The predicted molar refractivity (Wildman–Crippen MR) is 120 cm³/mol. The number of carbonyl (C=O) groups is 1. The minimum absolute atomic E-state index is 0.0195. The topological polar surface area (TPSA) is 106 Å². The maximum atomic E-state index is 15.6. The summed E-state index contributed by atoms with van der Waals surface area (Å²) in [7, 11) is 0. The molecular weight excluding hydrogens is 442 g/mol. The van der Waals surface area contributed by atoms with E-state index in [0.29, 0.717) is 29.0 Å². The van der Waals surface area contributed by atoms with E-state index >= 15 is 4.39 Å². The predicted octanol–water partition coefficient (Wildman–Crippen LogP) is 4.35. The summed E-state index contributed by atoms with van der Waals surface area (Å²) in [5.41, 5.74) is 1.06. The number of halogens is 2. The smallest absolute Gasteiger partial charge is 0.311 e. The molecule has 2 atom stereocenters. The summed E-state index contributed by atoms with van der Waals surface area (Å²) in [5, 5.41) is 10.7. The van der Waals surface area contributed by atoms with Gasteiger partial charge in [-0.3, -0.25) is 9.89 Å². The van der Waals surface area contributed by atoms with E-state index in [4.69, 9.17) is 4.74 Å². The van der Waals surface area contributed by atoms with Crippen LogP contribution in [0, 0.1) is 29.4 Å². The standard InChI is InChI=1S/C24H26F2N6O2/c1-2-34-24(33)16-11-3-5-12(6-4-11)18(16)28-22-17(26)19(13-7-8-13)29-23(30-22)20-15-9-14(25)10-27-21(15)32-31-20/h9-13,16,18H,2-8H2,1H3,(H,27,31,32)(H,28,29,30)/t11?,12?,16?,18-/m0/s1. The Labute approximate surface area is 194 Å². The molecule has 34 heavy (non-hydrogen) atoms. The highest BCUT2D eigenvalue weighted by atomic mass is 19.1. The Morgan fingerprint density at radius 3 is 2.65 bits per heavy atom. The van der Waals surface area contributed by atoms with Gasteiger partial charge in [-0.25, -0.2) is 23.7 Å². The van der Waals surface area contributed by atoms with Gasteiger partial charge >= 0.3 is 5.97 Å². The fraction of sp³-hybridized carbons (Fsp3) is 0.542. The monoisotopic (exact) mass is 468 g/mol. The van der Waals surface area contributed by atoms with E-state index < -0.39 is 11.6 Å². The molecule has 4 aliphatic carbocycles. The summed E-state index contributed by atoms with van der Waals surface area (Å²) < 4.78 is 34.9. The highest BCUT2D eigenvalue weighted by Crippen LogP contribution is 2.48. The molecule has 0 aliphatic heterocycles. The van der Waals surface area contributed by atoms with Gasteiger partial charge in [0.15, 0.2) is 23.1 Å². The van der Waals surface area contributed by atoms with Gasteiger partial charge in [0.2, 0.25) is 0 Å². The molecule has 2 bridgehead atoms. The van der Waals surface area contributed by atoms with E-state index in [9.17, 15) is 9.18 Å². The zero-order chi connectivity index (χ0) is 23.4. The molecule has 2 N–H and O–H groups in total. The molecule has 0 saturated heterocycles. The van der Waals surface area contributed by atoms with Crippen LogP contribution >= 0.6 is 0 Å². The van der Waals surface area contributed by atoms with Gasteiger partial charge in [0, 0.05) is 12.0 Å². The number of nitrogens with one attached hydrogen (secondary N) is 2. The van der Waals surface area contributed by atoms with Gasteiger partial charge in [-0.15, -0.1) is 0 Å². The summed E-state index contributed by atoms with van der Waals surface area (Å²) in [6.07, 6.45) is 6.74. The molecule has 1 unspecified atom stereocenters. The summed E-state index contributed by atoms with van der Waals surface area (Å²) in [6, 6.07) is 1.06. The number of pyridine rings is 1. The first kappa shape index (κ1) is 21.4. The maximum Gasteiger partial charge on any atom is 0.311 e. The lowest BCUT2D eigenvalue weighted by Gasteiger charge is -2.47. The van der Waals surface area contributed by atoms with Gasteiger partial charge < -0.3 is 10.1 Å². The number of ether oxygens (including phenoxy) is 1. The van der Waals surface area contributed by atoms with Gasteiger partial charge in [-0.1, -0.05) is 0 Å². The van der Waals surface area contributed by atoms with Gasteiger partial charge in [0.25, 0.3) is 0 Å². The van der Waals surface area contributed by atoms with Crippen molar-refractivity contribution in [2.75, 3.05) is 11.9 Å². The number of esters is 1. The van der Waals surface area contributed by atoms with Crippen LogP contribution in [0.5, 0.6) is 0 Å². The zero-order valence-electron chi connectivity index (χ0n) is 18.9. The molecule has 0 aromatic carbocycles. The molecule has 3 aromatic heterocycles. The van der Waals surface area contributed by atoms with Crippen molar-refractivity contribution in [1.29, 1.82) is 0 Å². The van der Waals surface area contributed by atoms with Crippen molar-refractivity contribution < 1.29 is 18.3 Å². The third-order valence-corrected chi connectivity index (χ3v) is 7.52. The van der Waals surface area contributed by atoms with Crippen LogP contribution in [0.3, 0.4) is 0 Å². The van der Waals surface area contributed by atoms with E-state index in [1.807, 2.05) is 0 Å². The largest absolute Gasteiger partial charge is 0.466 e. The van der Waals surface area contributed by atoms with Crippen molar-refractivity contribution in [2.24, 2.45) is 17.8 Å². The van der Waals surface area contributed by atoms with E-state index in [1.165, 1.54) is 6.07 Å². The number of carbonyl (C=O) groups excluding carboxylic acids is 1. The lowest BCUT2D eigenvalue weighted by Crippen LogP contribution is -2.52. The molecule has 3 aromatic rings. The van der Waals surface area contributed by atoms with E-state index in [0.717, 1.165) is 44.7 Å². The molecule has 4 aliphatic rings. The number of nitrogens with zero attached hydrogens (tertiary/aromatic N) is 4. The number of hydrogen-bond donors (Lipinski definition) is 2. The normalized spacial score (nSPS) is 26.1. The first-order valence-electron chi connectivity index (χ1n) is 12.0. The van der Waals surface area contributed by atoms with Gasteiger partial charge in [0.1, 0.15) is 11.5 Å². The first-order valence-corrected chi connectivity index (χ1v) is 12.0. The van der Waals surface area contributed by atoms with Crippen LogP contribution in [0.1, 0.15) is 57.1 Å². The zero-order valence-corrected chi connectivity index (χ0v) is 18.9. The average molecular weight is 469 g/mol. The van der Waals surface area contributed by atoms with E-state index in [2.05, 4.69) is 30.5 Å². The fourth-order valence-electron chi connectivity index (χ4n) is 5.73. The van der Waals surface area contributed by atoms with Crippen LogP contribution in [0.4, 0.5) is 14.6 Å². The van der Waals surface area contributed by atoms with Crippen LogP contribution in [0.15, 0.2) is 12.3 Å². The van der Waals surface area contributed by atoms with Gasteiger partial charge in [0.05, 0.1) is 29.8 Å². The Hall–Kier alpha value is -3.17. The van der Waals surface area contributed by atoms with Crippen LogP contribution in [0.2, 0.25) is 0 Å². The lowest BCUT2D eigenvalue weighted by atomic mass is 9.61. The second kappa shape index (κ2) is 8.25. The van der Waals surface area contributed by atoms with Crippen LogP contribution < -0.4 is 5.32 Å². The van der Waals surface area contributed by atoms with Crippen molar-refractivity contribution >= 4 is 22.8 Å². The number of rotatable bonds is 6. The van der Waals surface area contributed by atoms with Gasteiger partial charge in [-0.05, 0) is 63.4 Å². The molecule has 4 fully saturated rings. The number of aromatic nitrogens is 5. The van der Waals surface area contributed by atoms with E-state index in [-0.39, 0.29) is 47.3 Å². The maximum absolute atomic E-state index is 15.6. The summed E-state index contributed by atoms with van der Waals surface area (Å²) in [6.45, 7) is 2.11. The Bertz CT molecular complexity index is 1250. The Morgan fingerprint density at radius 2 is 1.91 bits per heavy atom. The van der Waals surface area contributed by atoms with Crippen molar-refractivity contribution in [3.8, 4) is 11.5 Å². The molecule has 0 spiro atoms. The number of hydrogen-bond acceptors (Lipinski definition) is 7. The fourth-order valence-corrected chi connectivity index (χ4v) is 5.73. The summed E-state index contributed by atoms with van der Waals surface area (Å²) in [5.74, 6) is -0.800. The molecule has 3 heterocycles. The minimum atomic E-state index is -0.506. The van der Waals surface area contributed by atoms with Crippen molar-refractivity contribution in [3.63, 3.8) is 0 Å². The first-order chi connectivity index (χ1) is 16.5. The summed E-state index contributed by atoms with van der Waals surface area (Å²) in [4.78, 5) is 25.9. The third-order valence-electron chi connectivity index (χ3n) is 7.52. The van der Waals surface area contributed by atoms with Crippen molar-refractivity contribution in [1.82, 2.24) is 25.1 Å². The highest BCUT2D eigenvalue weighted by Gasteiger charge is 2.48. The Morgan fingerprint density at radius 1 is 1.15 bits per heavy atom. The lowest BCUT2D eigenvalue weighted by molar-refractivity contribution is -0.154. The van der Waals surface area contributed by atoms with Crippen molar-refractivity contribution in [3.05, 3.63) is 29.6 Å². The SMILES string of the molecule is CCOC(=O)C1C2CCC(CC2)[C@@H]1Nc1nc(-c2n[nH]c3ncc(F)cc23)nc(C2CC2)c1F. The molecule has 7 rings (SSSR count). The quantitative estimate of drug-likeness (QED) is 0.518. The average Bonchev–Trinajstić information content (AvgIpc) is 3.60. The van der Waals surface area contributed by atoms with Crippen LogP contribution in [0.25, 0.3) is 22.6 Å². The molecule has 4 saturated carbocycles. The Kier molecular flexibility index (Phi) is 5.18. The molecule has 10 heteroatoms. The van der Waals surface area contributed by atoms with Crippen LogP contribution in [-0.4, -0.2) is 43.8 Å². The highest BCUT2D eigenvalue weighted by molar-refractivity contribution is 5.88. The van der Waals surface area contributed by atoms with Gasteiger partial charge in [-0.2, -0.15) is 5.10 Å². The van der Waals surface area contributed by atoms with Crippen LogP contribution in [-0.2, 0) is 9.53 Å². The van der Waals surface area contributed by atoms with Crippen molar-refractivity contribution in [2.45, 2.75) is 57.4 Å². The second-order valence-electron chi connectivity index (χ2n) is 9.61. The number of aromatic amines is 1. The molecule has 8 nitrogen and oxygen atoms in total. The second-order valence-corrected chi connectivity index (χ2v) is 9.61. The summed E-state index contributed by atoms with van der Waals surface area (Å²) >= 11 is 0. The molecule has 0 amide bonds. The van der Waals surface area contributed by atoms with E-state index in [1.54, 1.807) is 6.92 Å². The minimum Gasteiger partial charge on any atom is -0.466 e. The third kappa shape index (κ3) is 3.59. The molecule has 0 radical (unpaired) electrons. The number of H-pyrrole nitrogens is 1. The molecular formula is C24H26F2N6O2. The number of fused-ring (bicyclic) bond motifs is 4.